The lowest BCUT2D eigenvalue weighted by molar-refractivity contribution is -0.123. The van der Waals surface area contributed by atoms with Gasteiger partial charge in [-0.25, -0.2) is 4.68 Å². The van der Waals surface area contributed by atoms with Gasteiger partial charge < -0.3 is 10.1 Å². The number of ketones is 1. The van der Waals surface area contributed by atoms with Gasteiger partial charge in [-0.05, 0) is 35.7 Å². The first-order chi connectivity index (χ1) is 14.2. The average Bonchev–Trinajstić information content (AvgIpc) is 3.21. The predicted molar refractivity (Wildman–Crippen MR) is 110 cm³/mol. The van der Waals surface area contributed by atoms with E-state index in [4.69, 9.17) is 4.74 Å². The first kappa shape index (κ1) is 17.7. The van der Waals surface area contributed by atoms with Crippen molar-refractivity contribution in [1.82, 2.24) is 14.8 Å². The molecule has 3 aromatic rings. The summed E-state index contributed by atoms with van der Waals surface area (Å²) in [7, 11) is 1.65. The molecular weight excluding hydrogens is 364 g/mol. The SMILES string of the molecule is COc1ccc([C@H]2C=C3Nc4ncnn4[C@@H](c4ccccc4C)[C@@H]3C(=O)C2)cc1. The number of nitrogens with one attached hydrogen (secondary N) is 1. The van der Waals surface area contributed by atoms with Crippen molar-refractivity contribution in [2.75, 3.05) is 12.4 Å². The summed E-state index contributed by atoms with van der Waals surface area (Å²) in [6.07, 6.45) is 4.18. The van der Waals surface area contributed by atoms with E-state index in [-0.39, 0.29) is 23.7 Å². The quantitative estimate of drug-likeness (QED) is 0.740. The van der Waals surface area contributed by atoms with Gasteiger partial charge in [0.25, 0.3) is 0 Å². The minimum Gasteiger partial charge on any atom is -0.497 e. The van der Waals surface area contributed by atoms with Crippen molar-refractivity contribution in [1.29, 1.82) is 0 Å². The number of hydrogen-bond donors (Lipinski definition) is 1. The molecule has 6 heteroatoms. The number of methoxy groups -OCH3 is 1. The molecule has 0 radical (unpaired) electrons. The second kappa shape index (κ2) is 6.88. The number of aromatic nitrogens is 3. The Morgan fingerprint density at radius 3 is 2.69 bits per heavy atom. The van der Waals surface area contributed by atoms with E-state index >= 15 is 0 Å². The van der Waals surface area contributed by atoms with Gasteiger partial charge in [0, 0.05) is 18.0 Å². The number of fused-ring (bicyclic) bond motifs is 2. The lowest BCUT2D eigenvalue weighted by Crippen LogP contribution is -2.40. The molecule has 3 atom stereocenters. The van der Waals surface area contributed by atoms with E-state index in [9.17, 15) is 4.79 Å². The Hall–Kier alpha value is -3.41. The normalized spacial score (nSPS) is 22.9. The largest absolute Gasteiger partial charge is 0.497 e. The van der Waals surface area contributed by atoms with Crippen LogP contribution in [0, 0.1) is 12.8 Å². The minimum atomic E-state index is -0.292. The van der Waals surface area contributed by atoms with Gasteiger partial charge in [0.1, 0.15) is 17.9 Å². The number of nitrogens with zero attached hydrogens (tertiary/aromatic N) is 3. The number of Topliss-reactive ketones (excluding diaryl/α,β-unsaturated/α-hetero) is 1. The highest BCUT2D eigenvalue weighted by Crippen LogP contribution is 2.44. The van der Waals surface area contributed by atoms with Crippen molar-refractivity contribution < 1.29 is 9.53 Å². The molecule has 0 spiro atoms. The van der Waals surface area contributed by atoms with Crippen LogP contribution in [0.1, 0.15) is 35.1 Å². The molecule has 0 bridgehead atoms. The molecule has 29 heavy (non-hydrogen) atoms. The van der Waals surface area contributed by atoms with Crippen LogP contribution in [0.4, 0.5) is 5.95 Å². The fourth-order valence-corrected chi connectivity index (χ4v) is 4.47. The van der Waals surface area contributed by atoms with Crippen molar-refractivity contribution >= 4 is 11.7 Å². The van der Waals surface area contributed by atoms with Crippen LogP contribution in [-0.2, 0) is 4.79 Å². The summed E-state index contributed by atoms with van der Waals surface area (Å²) in [5, 5.41) is 7.78. The fourth-order valence-electron chi connectivity index (χ4n) is 4.47. The molecule has 6 nitrogen and oxygen atoms in total. The molecule has 1 aromatic heterocycles. The van der Waals surface area contributed by atoms with Crippen LogP contribution < -0.4 is 10.1 Å². The third-order valence-electron chi connectivity index (χ3n) is 5.94. The zero-order valence-corrected chi connectivity index (χ0v) is 16.4. The van der Waals surface area contributed by atoms with Crippen molar-refractivity contribution in [3.63, 3.8) is 0 Å². The van der Waals surface area contributed by atoms with Crippen molar-refractivity contribution in [3.05, 3.63) is 83.3 Å². The zero-order chi connectivity index (χ0) is 20.0. The lowest BCUT2D eigenvalue weighted by atomic mass is 9.75. The molecule has 2 aliphatic rings. The van der Waals surface area contributed by atoms with Gasteiger partial charge in [0.15, 0.2) is 0 Å². The summed E-state index contributed by atoms with van der Waals surface area (Å²) in [5.74, 6) is 1.43. The van der Waals surface area contributed by atoms with Crippen LogP contribution in [0.2, 0.25) is 0 Å². The molecule has 1 aliphatic heterocycles. The van der Waals surface area contributed by atoms with E-state index in [1.54, 1.807) is 7.11 Å². The van der Waals surface area contributed by atoms with E-state index in [0.29, 0.717) is 12.4 Å². The maximum absolute atomic E-state index is 13.4. The van der Waals surface area contributed by atoms with Gasteiger partial charge in [0.05, 0.1) is 19.1 Å². The van der Waals surface area contributed by atoms with E-state index in [2.05, 4.69) is 40.5 Å². The third-order valence-corrected chi connectivity index (χ3v) is 5.94. The lowest BCUT2D eigenvalue weighted by Gasteiger charge is -2.38. The Labute approximate surface area is 169 Å². The Kier molecular flexibility index (Phi) is 4.19. The predicted octanol–water partition coefficient (Wildman–Crippen LogP) is 3.87. The summed E-state index contributed by atoms with van der Waals surface area (Å²) >= 11 is 0. The van der Waals surface area contributed by atoms with Crippen LogP contribution in [0.15, 0.2) is 66.6 Å². The second-order valence-corrected chi connectivity index (χ2v) is 7.60. The fraction of sp³-hybridized carbons (Fsp3) is 0.261. The number of anilines is 1. The molecule has 0 fully saturated rings. The smallest absolute Gasteiger partial charge is 0.226 e. The van der Waals surface area contributed by atoms with Crippen LogP contribution in [0.5, 0.6) is 5.75 Å². The van der Waals surface area contributed by atoms with Gasteiger partial charge in [-0.2, -0.15) is 10.1 Å². The summed E-state index contributed by atoms with van der Waals surface area (Å²) in [4.78, 5) is 17.8. The summed E-state index contributed by atoms with van der Waals surface area (Å²) < 4.78 is 7.10. The van der Waals surface area contributed by atoms with Gasteiger partial charge in [-0.3, -0.25) is 4.79 Å². The van der Waals surface area contributed by atoms with Crippen molar-refractivity contribution in [2.45, 2.75) is 25.3 Å². The van der Waals surface area contributed by atoms with Crippen LogP contribution in [0.3, 0.4) is 0 Å². The molecule has 146 valence electrons. The molecule has 2 aromatic carbocycles. The standard InChI is InChI=1S/C23H22N4O2/c1-14-5-3-4-6-18(14)22-21-19(26-23-24-13-25-27(22)23)11-16(12-20(21)28)15-7-9-17(29-2)10-8-15/h3-11,13,16,21-22H,12H2,1-2H3,(H,24,25,26)/t16-,21-,22-/m0/s1. The molecular formula is C23H22N4O2. The van der Waals surface area contributed by atoms with Crippen molar-refractivity contribution in [2.24, 2.45) is 5.92 Å². The number of rotatable bonds is 3. The highest BCUT2D eigenvalue weighted by Gasteiger charge is 2.43. The maximum Gasteiger partial charge on any atom is 0.226 e. The Morgan fingerprint density at radius 1 is 1.14 bits per heavy atom. The van der Waals surface area contributed by atoms with Gasteiger partial charge in [-0.15, -0.1) is 0 Å². The summed E-state index contributed by atoms with van der Waals surface area (Å²) in [6, 6.07) is 15.9. The zero-order valence-electron chi connectivity index (χ0n) is 16.4. The summed E-state index contributed by atoms with van der Waals surface area (Å²) in [5.41, 5.74) is 4.26. The van der Waals surface area contributed by atoms with Gasteiger partial charge in [0.2, 0.25) is 5.95 Å². The Balaban J connectivity index is 1.59. The van der Waals surface area contributed by atoms with E-state index in [0.717, 1.165) is 28.1 Å². The molecule has 5 rings (SSSR count). The van der Waals surface area contributed by atoms with Crippen molar-refractivity contribution in [3.8, 4) is 5.75 Å². The van der Waals surface area contributed by atoms with E-state index in [1.807, 2.05) is 41.1 Å². The first-order valence-electron chi connectivity index (χ1n) is 9.76. The average molecular weight is 386 g/mol. The highest BCUT2D eigenvalue weighted by atomic mass is 16.5. The number of ether oxygens (including phenoxy) is 1. The molecule has 0 amide bonds. The topological polar surface area (TPSA) is 69.0 Å². The van der Waals surface area contributed by atoms with Crippen LogP contribution in [-0.4, -0.2) is 27.7 Å². The molecule has 0 saturated carbocycles. The number of aryl methyl sites for hydroxylation is 1. The van der Waals surface area contributed by atoms with Gasteiger partial charge >= 0.3 is 0 Å². The van der Waals surface area contributed by atoms with E-state index in [1.165, 1.54) is 6.33 Å². The Morgan fingerprint density at radius 2 is 1.93 bits per heavy atom. The van der Waals surface area contributed by atoms with Crippen LogP contribution in [0.25, 0.3) is 0 Å². The number of benzene rings is 2. The monoisotopic (exact) mass is 386 g/mol. The molecule has 0 saturated heterocycles. The molecule has 1 aliphatic carbocycles. The molecule has 1 N–H and O–H groups in total. The van der Waals surface area contributed by atoms with Crippen LogP contribution >= 0.6 is 0 Å². The first-order valence-corrected chi connectivity index (χ1v) is 9.76. The number of carbonyl (C=O) groups is 1. The minimum absolute atomic E-state index is 0.0270. The second-order valence-electron chi connectivity index (χ2n) is 7.60. The third kappa shape index (κ3) is 2.92. The van der Waals surface area contributed by atoms with E-state index < -0.39 is 0 Å². The number of hydrogen-bond acceptors (Lipinski definition) is 5. The number of allylic oxidation sites excluding steroid dienone is 2. The summed E-state index contributed by atoms with van der Waals surface area (Å²) in [6.45, 7) is 2.07. The Bertz CT molecular complexity index is 1100. The maximum atomic E-state index is 13.4. The molecule has 0 unspecified atom stereocenters. The molecule has 2 heterocycles. The highest BCUT2D eigenvalue weighted by molar-refractivity contribution is 5.88. The van der Waals surface area contributed by atoms with Gasteiger partial charge in [-0.1, -0.05) is 42.5 Å². The number of carbonyl (C=O) groups excluding carboxylic acids is 1.